The van der Waals surface area contributed by atoms with E-state index < -0.39 is 5.54 Å². The first-order valence-corrected chi connectivity index (χ1v) is 12.8. The number of benzene rings is 3. The van der Waals surface area contributed by atoms with E-state index in [1.54, 1.807) is 0 Å². The first-order chi connectivity index (χ1) is 17.6. The van der Waals surface area contributed by atoms with Crippen molar-refractivity contribution in [3.63, 3.8) is 0 Å². The molecule has 1 atom stereocenters. The van der Waals surface area contributed by atoms with Gasteiger partial charge in [-0.2, -0.15) is 0 Å². The molecule has 1 aliphatic heterocycles. The topological polar surface area (TPSA) is 39.5 Å². The molecule has 0 N–H and O–H groups in total. The Labute approximate surface area is 214 Å². The van der Waals surface area contributed by atoms with Crippen LogP contribution in [0.25, 0.3) is 0 Å². The lowest BCUT2D eigenvalue weighted by Gasteiger charge is -2.46. The molecule has 0 saturated heterocycles. The maximum absolute atomic E-state index is 5.76. The van der Waals surface area contributed by atoms with Crippen molar-refractivity contribution < 1.29 is 9.47 Å². The lowest BCUT2D eigenvalue weighted by atomic mass is 9.75. The standard InChI is InChI=1S/C31H35N3O2/c1-4-5-16-34(22-33-17-15-32-21-33)31(27-9-7-6-8-10-27,28-13-11-24(2)25(3)18-28)20-26-12-14-29-30(19-26)36-23-35-29/h6-15,17-19,21H,4-5,16,20,22-23H2,1-3H3. The van der Waals surface area contributed by atoms with E-state index in [2.05, 4.69) is 102 Å². The molecule has 0 radical (unpaired) electrons. The average Bonchev–Trinajstić information content (AvgIpc) is 3.59. The Morgan fingerprint density at radius 3 is 2.50 bits per heavy atom. The minimum Gasteiger partial charge on any atom is -0.454 e. The summed E-state index contributed by atoms with van der Waals surface area (Å²) in [4.78, 5) is 6.97. The number of hydrogen-bond acceptors (Lipinski definition) is 4. The maximum atomic E-state index is 5.76. The first kappa shape index (κ1) is 24.1. The molecule has 5 nitrogen and oxygen atoms in total. The fourth-order valence-corrected chi connectivity index (χ4v) is 5.21. The summed E-state index contributed by atoms with van der Waals surface area (Å²) in [7, 11) is 0. The SMILES string of the molecule is CCCCN(Cn1ccnc1)C(Cc1ccc2c(c1)OCO2)(c1ccccc1)c1ccc(C)c(C)c1. The van der Waals surface area contributed by atoms with Gasteiger partial charge in [-0.15, -0.1) is 0 Å². The van der Waals surface area contributed by atoms with Crippen LogP contribution in [0.2, 0.25) is 0 Å². The molecule has 0 fully saturated rings. The smallest absolute Gasteiger partial charge is 0.231 e. The van der Waals surface area contributed by atoms with E-state index in [1.807, 2.05) is 18.6 Å². The molecular formula is C31H35N3O2. The lowest BCUT2D eigenvalue weighted by molar-refractivity contribution is 0.0813. The molecule has 5 heteroatoms. The van der Waals surface area contributed by atoms with Gasteiger partial charge in [-0.25, -0.2) is 4.98 Å². The van der Waals surface area contributed by atoms with Crippen molar-refractivity contribution in [1.82, 2.24) is 14.5 Å². The Hall–Kier alpha value is -3.57. The summed E-state index contributed by atoms with van der Waals surface area (Å²) in [5, 5.41) is 0. The number of ether oxygens (including phenoxy) is 2. The molecule has 5 rings (SSSR count). The molecule has 3 aromatic carbocycles. The van der Waals surface area contributed by atoms with Crippen LogP contribution >= 0.6 is 0 Å². The third-order valence-electron chi connectivity index (χ3n) is 7.35. The van der Waals surface area contributed by atoms with E-state index in [1.165, 1.54) is 27.8 Å². The van der Waals surface area contributed by atoms with Crippen LogP contribution in [0.15, 0.2) is 85.5 Å². The van der Waals surface area contributed by atoms with Crippen molar-refractivity contribution in [3.8, 4) is 11.5 Å². The zero-order valence-corrected chi connectivity index (χ0v) is 21.5. The molecule has 1 aromatic heterocycles. The molecule has 2 heterocycles. The van der Waals surface area contributed by atoms with Gasteiger partial charge in [0.1, 0.15) is 0 Å². The van der Waals surface area contributed by atoms with Crippen molar-refractivity contribution in [3.05, 3.63) is 113 Å². The molecule has 4 aromatic rings. The third-order valence-corrected chi connectivity index (χ3v) is 7.35. The summed E-state index contributed by atoms with van der Waals surface area (Å²) in [5.41, 5.74) is 6.00. The van der Waals surface area contributed by atoms with Crippen LogP contribution in [0.5, 0.6) is 11.5 Å². The Morgan fingerprint density at radius 1 is 0.917 bits per heavy atom. The van der Waals surface area contributed by atoms with Gasteiger partial charge >= 0.3 is 0 Å². The molecule has 0 spiro atoms. The average molecular weight is 482 g/mol. The molecule has 1 aliphatic rings. The minimum absolute atomic E-state index is 0.281. The maximum Gasteiger partial charge on any atom is 0.231 e. The van der Waals surface area contributed by atoms with Gasteiger partial charge in [-0.1, -0.05) is 67.9 Å². The molecule has 0 bridgehead atoms. The number of aryl methyl sites for hydroxylation is 2. The van der Waals surface area contributed by atoms with Gasteiger partial charge in [0.05, 0.1) is 18.5 Å². The summed E-state index contributed by atoms with van der Waals surface area (Å²) in [6.07, 6.45) is 8.85. The van der Waals surface area contributed by atoms with Gasteiger partial charge in [0, 0.05) is 18.9 Å². The molecule has 0 aliphatic carbocycles. The van der Waals surface area contributed by atoms with Crippen molar-refractivity contribution in [2.24, 2.45) is 0 Å². The highest BCUT2D eigenvalue weighted by Crippen LogP contribution is 2.42. The fraction of sp³-hybridized carbons (Fsp3) is 0.323. The van der Waals surface area contributed by atoms with Crippen molar-refractivity contribution in [2.45, 2.75) is 52.2 Å². The summed E-state index contributed by atoms with van der Waals surface area (Å²) < 4.78 is 13.5. The highest BCUT2D eigenvalue weighted by atomic mass is 16.7. The molecule has 1 unspecified atom stereocenters. The largest absolute Gasteiger partial charge is 0.454 e. The Morgan fingerprint density at radius 2 is 1.75 bits per heavy atom. The van der Waals surface area contributed by atoms with E-state index >= 15 is 0 Å². The van der Waals surface area contributed by atoms with Gasteiger partial charge in [-0.05, 0) is 66.6 Å². The van der Waals surface area contributed by atoms with Crippen LogP contribution in [0.4, 0.5) is 0 Å². The Kier molecular flexibility index (Phi) is 7.10. The second-order valence-corrected chi connectivity index (χ2v) is 9.73. The van der Waals surface area contributed by atoms with Crippen LogP contribution < -0.4 is 9.47 Å². The highest BCUT2D eigenvalue weighted by Gasteiger charge is 2.41. The first-order valence-electron chi connectivity index (χ1n) is 12.8. The van der Waals surface area contributed by atoms with Crippen LogP contribution in [0.3, 0.4) is 0 Å². The molecule has 0 amide bonds. The monoisotopic (exact) mass is 481 g/mol. The van der Waals surface area contributed by atoms with E-state index in [0.717, 1.165) is 44.0 Å². The van der Waals surface area contributed by atoms with Gasteiger partial charge in [-0.3, -0.25) is 4.90 Å². The third kappa shape index (κ3) is 4.76. The van der Waals surface area contributed by atoms with Crippen LogP contribution in [-0.4, -0.2) is 27.8 Å². The van der Waals surface area contributed by atoms with E-state index in [0.29, 0.717) is 0 Å². The summed E-state index contributed by atoms with van der Waals surface area (Å²) >= 11 is 0. The number of nitrogens with zero attached hydrogens (tertiary/aromatic N) is 3. The Balaban J connectivity index is 1.72. The van der Waals surface area contributed by atoms with E-state index in [-0.39, 0.29) is 6.79 Å². The van der Waals surface area contributed by atoms with E-state index in [4.69, 9.17) is 9.47 Å². The molecule has 36 heavy (non-hydrogen) atoms. The second-order valence-electron chi connectivity index (χ2n) is 9.73. The summed E-state index contributed by atoms with van der Waals surface area (Å²) in [6, 6.07) is 24.3. The number of unbranched alkanes of at least 4 members (excludes halogenated alkanes) is 1. The predicted molar refractivity (Wildman–Crippen MR) is 143 cm³/mol. The van der Waals surface area contributed by atoms with Gasteiger partial charge in [0.25, 0.3) is 0 Å². The number of aromatic nitrogens is 2. The summed E-state index contributed by atoms with van der Waals surface area (Å²) in [5.74, 6) is 1.64. The fourth-order valence-electron chi connectivity index (χ4n) is 5.21. The number of fused-ring (bicyclic) bond motifs is 1. The second kappa shape index (κ2) is 10.6. The Bertz CT molecular complexity index is 1290. The zero-order chi connectivity index (χ0) is 25.0. The van der Waals surface area contributed by atoms with Gasteiger partial charge < -0.3 is 14.0 Å². The van der Waals surface area contributed by atoms with Crippen LogP contribution in [0.1, 0.15) is 47.6 Å². The quantitative estimate of drug-likeness (QED) is 0.260. The molecule has 0 saturated carbocycles. The minimum atomic E-state index is -0.396. The van der Waals surface area contributed by atoms with E-state index in [9.17, 15) is 0 Å². The molecule has 186 valence electrons. The normalized spacial score (nSPS) is 14.2. The highest BCUT2D eigenvalue weighted by molar-refractivity contribution is 5.48. The van der Waals surface area contributed by atoms with Gasteiger partial charge in [0.15, 0.2) is 11.5 Å². The van der Waals surface area contributed by atoms with Crippen LogP contribution in [-0.2, 0) is 18.6 Å². The number of imidazole rings is 1. The van der Waals surface area contributed by atoms with Crippen molar-refractivity contribution >= 4 is 0 Å². The van der Waals surface area contributed by atoms with Crippen LogP contribution in [0, 0.1) is 13.8 Å². The predicted octanol–water partition coefficient (Wildman–Crippen LogP) is 6.47. The number of hydrogen-bond donors (Lipinski definition) is 0. The lowest BCUT2D eigenvalue weighted by Crippen LogP contribution is -2.50. The molecular weight excluding hydrogens is 446 g/mol. The zero-order valence-electron chi connectivity index (χ0n) is 21.5. The summed E-state index contributed by atoms with van der Waals surface area (Å²) in [6.45, 7) is 8.63. The van der Waals surface area contributed by atoms with Gasteiger partial charge in [0.2, 0.25) is 6.79 Å². The number of rotatable bonds is 10. The van der Waals surface area contributed by atoms with Crippen molar-refractivity contribution in [1.29, 1.82) is 0 Å². The van der Waals surface area contributed by atoms with Crippen molar-refractivity contribution in [2.75, 3.05) is 13.3 Å².